The monoisotopic (exact) mass is 426 g/mol. The summed E-state index contributed by atoms with van der Waals surface area (Å²) < 4.78 is 34.0. The van der Waals surface area contributed by atoms with Gasteiger partial charge in [0, 0.05) is 0 Å². The number of carbonyl (C=O) groups is 1. The van der Waals surface area contributed by atoms with Crippen LogP contribution in [-0.2, 0) is 15.4 Å². The van der Waals surface area contributed by atoms with Crippen LogP contribution in [-0.4, -0.2) is 24.2 Å². The highest BCUT2D eigenvalue weighted by Crippen LogP contribution is 2.36. The summed E-state index contributed by atoms with van der Waals surface area (Å²) in [6.07, 6.45) is 0. The molecule has 0 aliphatic rings. The maximum atomic E-state index is 13.4. The van der Waals surface area contributed by atoms with Gasteiger partial charge in [-0.3, -0.25) is 0 Å². The molecule has 7 heteroatoms. The fourth-order valence-corrected chi connectivity index (χ4v) is 4.53. The van der Waals surface area contributed by atoms with E-state index in [-0.39, 0.29) is 21.4 Å². The smallest absolute Gasteiger partial charge is 0.344 e. The van der Waals surface area contributed by atoms with E-state index >= 15 is 0 Å². The standard InChI is InChI=1S/C23H26N2O4S/c1-15-7-11-18(12-8-15)22(26)29-21-20(17(3)24-25(21)23(4,5)6)30(27,28)19-13-9-16(2)10-14-19/h7-14H,1-6H3. The molecule has 6 nitrogen and oxygen atoms in total. The van der Waals surface area contributed by atoms with Crippen LogP contribution in [0, 0.1) is 20.8 Å². The van der Waals surface area contributed by atoms with E-state index in [9.17, 15) is 13.2 Å². The lowest BCUT2D eigenvalue weighted by molar-refractivity contribution is 0.0703. The lowest BCUT2D eigenvalue weighted by atomic mass is 10.1. The van der Waals surface area contributed by atoms with Gasteiger partial charge in [-0.15, -0.1) is 0 Å². The lowest BCUT2D eigenvalue weighted by Crippen LogP contribution is -2.26. The van der Waals surface area contributed by atoms with Gasteiger partial charge in [0.25, 0.3) is 0 Å². The predicted octanol–water partition coefficient (Wildman–Crippen LogP) is 4.62. The van der Waals surface area contributed by atoms with E-state index in [2.05, 4.69) is 5.10 Å². The Morgan fingerprint density at radius 3 is 1.90 bits per heavy atom. The minimum absolute atomic E-state index is 0.0776. The molecule has 0 bridgehead atoms. The van der Waals surface area contributed by atoms with E-state index in [1.165, 1.54) is 4.68 Å². The van der Waals surface area contributed by atoms with Crippen LogP contribution in [0.25, 0.3) is 0 Å². The van der Waals surface area contributed by atoms with Crippen LogP contribution in [0.4, 0.5) is 0 Å². The fourth-order valence-electron chi connectivity index (χ4n) is 3.02. The fraction of sp³-hybridized carbons (Fsp3) is 0.304. The topological polar surface area (TPSA) is 78.3 Å². The van der Waals surface area contributed by atoms with Gasteiger partial charge in [0.15, 0.2) is 4.90 Å². The number of hydrogen-bond donors (Lipinski definition) is 0. The SMILES string of the molecule is Cc1ccc(C(=O)Oc2c(S(=O)(=O)c3ccc(C)cc3)c(C)nn2C(C)(C)C)cc1. The molecular formula is C23H26N2O4S. The molecule has 158 valence electrons. The molecule has 30 heavy (non-hydrogen) atoms. The number of aromatic nitrogens is 2. The highest BCUT2D eigenvalue weighted by Gasteiger charge is 2.34. The minimum Gasteiger partial charge on any atom is -0.403 e. The van der Waals surface area contributed by atoms with Gasteiger partial charge in [-0.25, -0.2) is 17.9 Å². The first kappa shape index (κ1) is 21.8. The van der Waals surface area contributed by atoms with Crippen LogP contribution in [0.2, 0.25) is 0 Å². The highest BCUT2D eigenvalue weighted by molar-refractivity contribution is 7.91. The summed E-state index contributed by atoms with van der Waals surface area (Å²) in [6, 6.07) is 13.4. The first-order valence-corrected chi connectivity index (χ1v) is 11.1. The maximum Gasteiger partial charge on any atom is 0.344 e. The molecule has 0 aliphatic heterocycles. The normalized spacial score (nSPS) is 12.1. The number of ether oxygens (including phenoxy) is 1. The van der Waals surface area contributed by atoms with Crippen molar-refractivity contribution in [1.82, 2.24) is 9.78 Å². The molecule has 0 fully saturated rings. The van der Waals surface area contributed by atoms with Crippen molar-refractivity contribution in [2.24, 2.45) is 0 Å². The second kappa shape index (κ2) is 7.72. The number of esters is 1. The number of aryl methyl sites for hydroxylation is 3. The number of carbonyl (C=O) groups excluding carboxylic acids is 1. The average molecular weight is 427 g/mol. The van der Waals surface area contributed by atoms with Gasteiger partial charge in [-0.05, 0) is 65.8 Å². The molecule has 0 saturated heterocycles. The van der Waals surface area contributed by atoms with E-state index in [0.717, 1.165) is 11.1 Å². The van der Waals surface area contributed by atoms with Crippen molar-refractivity contribution in [3.63, 3.8) is 0 Å². The third kappa shape index (κ3) is 4.16. The number of benzene rings is 2. The van der Waals surface area contributed by atoms with Gasteiger partial charge in [-0.2, -0.15) is 5.10 Å². The summed E-state index contributed by atoms with van der Waals surface area (Å²) in [5.74, 6) is -0.716. The maximum absolute atomic E-state index is 13.4. The Kier molecular flexibility index (Phi) is 5.60. The molecule has 3 rings (SSSR count). The minimum atomic E-state index is -3.95. The average Bonchev–Trinajstić information content (AvgIpc) is 2.99. The van der Waals surface area contributed by atoms with Gasteiger partial charge in [-0.1, -0.05) is 35.4 Å². The molecule has 0 saturated carbocycles. The van der Waals surface area contributed by atoms with Crippen molar-refractivity contribution in [3.05, 3.63) is 70.9 Å². The van der Waals surface area contributed by atoms with Gasteiger partial charge >= 0.3 is 5.97 Å². The molecule has 1 aromatic heterocycles. The first-order valence-electron chi connectivity index (χ1n) is 9.62. The van der Waals surface area contributed by atoms with Gasteiger partial charge < -0.3 is 4.74 Å². The molecule has 1 heterocycles. The molecule has 0 unspecified atom stereocenters. The molecule has 0 atom stereocenters. The van der Waals surface area contributed by atoms with Crippen LogP contribution in [0.3, 0.4) is 0 Å². The molecule has 0 radical (unpaired) electrons. The van der Waals surface area contributed by atoms with Crippen molar-refractivity contribution in [2.45, 2.75) is 56.9 Å². The largest absolute Gasteiger partial charge is 0.403 e. The van der Waals surface area contributed by atoms with Crippen molar-refractivity contribution in [3.8, 4) is 5.88 Å². The second-order valence-electron chi connectivity index (χ2n) is 8.37. The van der Waals surface area contributed by atoms with Crippen LogP contribution < -0.4 is 4.74 Å². The summed E-state index contributed by atoms with van der Waals surface area (Å²) in [5, 5.41) is 4.41. The Morgan fingerprint density at radius 2 is 1.40 bits per heavy atom. The third-order valence-corrected chi connectivity index (χ3v) is 6.58. The Morgan fingerprint density at radius 1 is 0.900 bits per heavy atom. The van der Waals surface area contributed by atoms with Crippen molar-refractivity contribution >= 4 is 15.8 Å². The van der Waals surface area contributed by atoms with Crippen LogP contribution >= 0.6 is 0 Å². The van der Waals surface area contributed by atoms with Gasteiger partial charge in [0.05, 0.1) is 21.7 Å². The lowest BCUT2D eigenvalue weighted by Gasteiger charge is -2.22. The van der Waals surface area contributed by atoms with Gasteiger partial charge in [0.2, 0.25) is 15.7 Å². The molecule has 0 N–H and O–H groups in total. The Labute approximate surface area is 177 Å². The molecule has 0 aliphatic carbocycles. The Balaban J connectivity index is 2.16. The second-order valence-corrected chi connectivity index (χ2v) is 10.3. The zero-order valence-corrected chi connectivity index (χ0v) is 18.9. The quantitative estimate of drug-likeness (QED) is 0.569. The van der Waals surface area contributed by atoms with Crippen molar-refractivity contribution in [2.75, 3.05) is 0 Å². The van der Waals surface area contributed by atoms with Crippen LogP contribution in [0.1, 0.15) is 48.0 Å². The Bertz CT molecular complexity index is 1180. The summed E-state index contributed by atoms with van der Waals surface area (Å²) in [4.78, 5) is 12.8. The van der Waals surface area contributed by atoms with Crippen LogP contribution in [0.15, 0.2) is 58.3 Å². The Hall–Kier alpha value is -2.93. The predicted molar refractivity (Wildman–Crippen MR) is 115 cm³/mol. The summed E-state index contributed by atoms with van der Waals surface area (Å²) >= 11 is 0. The van der Waals surface area contributed by atoms with E-state index in [1.807, 2.05) is 34.6 Å². The van der Waals surface area contributed by atoms with E-state index < -0.39 is 21.3 Å². The molecule has 2 aromatic carbocycles. The van der Waals surface area contributed by atoms with Gasteiger partial charge in [0.1, 0.15) is 0 Å². The number of sulfone groups is 1. The molecular weight excluding hydrogens is 400 g/mol. The summed E-state index contributed by atoms with van der Waals surface area (Å²) in [6.45, 7) is 11.0. The van der Waals surface area contributed by atoms with E-state index in [0.29, 0.717) is 5.56 Å². The summed E-state index contributed by atoms with van der Waals surface area (Å²) in [7, 11) is -3.95. The molecule has 0 spiro atoms. The first-order chi connectivity index (χ1) is 13.9. The van der Waals surface area contributed by atoms with Crippen molar-refractivity contribution < 1.29 is 17.9 Å². The third-order valence-electron chi connectivity index (χ3n) is 4.68. The number of hydrogen-bond acceptors (Lipinski definition) is 5. The molecule has 0 amide bonds. The number of nitrogens with zero attached hydrogens (tertiary/aromatic N) is 2. The zero-order chi connectivity index (χ0) is 22.3. The number of rotatable bonds is 4. The van der Waals surface area contributed by atoms with E-state index in [4.69, 9.17) is 4.74 Å². The summed E-state index contributed by atoms with van der Waals surface area (Å²) in [5.41, 5.74) is 1.96. The zero-order valence-electron chi connectivity index (χ0n) is 18.1. The van der Waals surface area contributed by atoms with E-state index in [1.54, 1.807) is 55.5 Å². The highest BCUT2D eigenvalue weighted by atomic mass is 32.2. The van der Waals surface area contributed by atoms with Crippen molar-refractivity contribution in [1.29, 1.82) is 0 Å². The van der Waals surface area contributed by atoms with Crippen LogP contribution in [0.5, 0.6) is 5.88 Å². The molecule has 3 aromatic rings.